The van der Waals surface area contributed by atoms with Gasteiger partial charge in [-0.1, -0.05) is 36.4 Å². The summed E-state index contributed by atoms with van der Waals surface area (Å²) in [5.41, 5.74) is 2.40. The van der Waals surface area contributed by atoms with Gasteiger partial charge in [-0.25, -0.2) is 0 Å². The van der Waals surface area contributed by atoms with Crippen LogP contribution in [0, 0.1) is 0 Å². The van der Waals surface area contributed by atoms with Crippen molar-refractivity contribution in [3.63, 3.8) is 0 Å². The second kappa shape index (κ2) is 9.62. The van der Waals surface area contributed by atoms with E-state index in [0.717, 1.165) is 36.3 Å². The van der Waals surface area contributed by atoms with Crippen LogP contribution in [-0.2, 0) is 17.9 Å². The van der Waals surface area contributed by atoms with Crippen LogP contribution >= 0.6 is 15.9 Å². The average molecular weight is 364 g/mol. The Hall–Kier alpha value is -1.36. The lowest BCUT2D eigenvalue weighted by Gasteiger charge is -2.10. The van der Waals surface area contributed by atoms with E-state index in [1.165, 1.54) is 11.1 Å². The summed E-state index contributed by atoms with van der Waals surface area (Å²) in [5.74, 6) is 0.868. The lowest BCUT2D eigenvalue weighted by atomic mass is 10.2. The van der Waals surface area contributed by atoms with Gasteiger partial charge >= 0.3 is 0 Å². The maximum Gasteiger partial charge on any atom is 0.134 e. The van der Waals surface area contributed by atoms with Gasteiger partial charge in [-0.3, -0.25) is 0 Å². The van der Waals surface area contributed by atoms with Crippen LogP contribution in [0.2, 0.25) is 0 Å². The number of benzene rings is 2. The second-order valence-corrected chi connectivity index (χ2v) is 5.92. The number of rotatable bonds is 9. The summed E-state index contributed by atoms with van der Waals surface area (Å²) in [6.45, 7) is 3.18. The Bertz CT molecular complexity index is 560. The number of hydrogen-bond acceptors (Lipinski definition) is 3. The van der Waals surface area contributed by atoms with Gasteiger partial charge < -0.3 is 14.8 Å². The third kappa shape index (κ3) is 5.79. The molecule has 4 heteroatoms. The molecule has 0 heterocycles. The number of halogens is 1. The fourth-order valence-electron chi connectivity index (χ4n) is 2.08. The Morgan fingerprint density at radius 3 is 2.59 bits per heavy atom. The molecule has 22 heavy (non-hydrogen) atoms. The van der Waals surface area contributed by atoms with Crippen LogP contribution in [0.5, 0.6) is 5.75 Å². The molecule has 1 N–H and O–H groups in total. The Morgan fingerprint density at radius 2 is 1.86 bits per heavy atom. The summed E-state index contributed by atoms with van der Waals surface area (Å²) in [7, 11) is 1.73. The van der Waals surface area contributed by atoms with E-state index in [1.807, 2.05) is 24.3 Å². The van der Waals surface area contributed by atoms with Crippen molar-refractivity contribution in [2.24, 2.45) is 0 Å². The maximum atomic E-state index is 5.85. The molecule has 2 aromatic carbocycles. The first kappa shape index (κ1) is 17.0. The first-order chi connectivity index (χ1) is 10.8. The highest BCUT2D eigenvalue weighted by Crippen LogP contribution is 2.26. The minimum absolute atomic E-state index is 0.577. The van der Waals surface area contributed by atoms with Gasteiger partial charge in [-0.05, 0) is 52.2 Å². The summed E-state index contributed by atoms with van der Waals surface area (Å²) in [5, 5.41) is 3.40. The minimum atomic E-state index is 0.577. The molecule has 3 nitrogen and oxygen atoms in total. The summed E-state index contributed by atoms with van der Waals surface area (Å²) < 4.78 is 11.9. The molecule has 0 amide bonds. The highest BCUT2D eigenvalue weighted by atomic mass is 79.9. The Labute approximate surface area is 140 Å². The van der Waals surface area contributed by atoms with Crippen molar-refractivity contribution in [1.82, 2.24) is 5.32 Å². The molecule has 0 aromatic heterocycles. The molecule has 0 saturated heterocycles. The molecule has 118 valence electrons. The fraction of sp³-hybridized carbons (Fsp3) is 0.333. The Balaban J connectivity index is 1.81. The molecule has 2 aromatic rings. The highest BCUT2D eigenvalue weighted by molar-refractivity contribution is 9.10. The molecule has 0 radical (unpaired) electrons. The van der Waals surface area contributed by atoms with Crippen molar-refractivity contribution in [3.05, 3.63) is 64.1 Å². The van der Waals surface area contributed by atoms with E-state index in [9.17, 15) is 0 Å². The molecule has 0 aliphatic rings. The maximum absolute atomic E-state index is 5.85. The van der Waals surface area contributed by atoms with Crippen LogP contribution < -0.4 is 10.1 Å². The fourth-order valence-corrected chi connectivity index (χ4v) is 2.62. The van der Waals surface area contributed by atoms with Crippen LogP contribution in [0.1, 0.15) is 17.5 Å². The first-order valence-corrected chi connectivity index (χ1v) is 8.23. The topological polar surface area (TPSA) is 30.5 Å². The van der Waals surface area contributed by atoms with Gasteiger partial charge in [0.25, 0.3) is 0 Å². The standard InChI is InChI=1S/C18H22BrNO2/c1-21-11-5-10-20-13-16-8-9-18(17(19)12-16)22-14-15-6-3-2-4-7-15/h2-4,6-9,12,20H,5,10-11,13-14H2,1H3. The molecular formula is C18H22BrNO2. The molecule has 0 bridgehead atoms. The van der Waals surface area contributed by atoms with Gasteiger partial charge in [0.05, 0.1) is 4.47 Å². The Kier molecular flexibility index (Phi) is 7.43. The lowest BCUT2D eigenvalue weighted by molar-refractivity contribution is 0.194. The van der Waals surface area contributed by atoms with Crippen molar-refractivity contribution >= 4 is 15.9 Å². The van der Waals surface area contributed by atoms with E-state index < -0.39 is 0 Å². The van der Waals surface area contributed by atoms with Crippen LogP contribution in [0.4, 0.5) is 0 Å². The third-order valence-electron chi connectivity index (χ3n) is 3.26. The van der Waals surface area contributed by atoms with Crippen LogP contribution in [-0.4, -0.2) is 20.3 Å². The number of methoxy groups -OCH3 is 1. The van der Waals surface area contributed by atoms with Crippen molar-refractivity contribution in [3.8, 4) is 5.75 Å². The van der Waals surface area contributed by atoms with Gasteiger partial charge in [-0.15, -0.1) is 0 Å². The third-order valence-corrected chi connectivity index (χ3v) is 3.88. The van der Waals surface area contributed by atoms with E-state index in [4.69, 9.17) is 9.47 Å². The summed E-state index contributed by atoms with van der Waals surface area (Å²) in [6, 6.07) is 16.4. The molecule has 0 spiro atoms. The molecule has 0 atom stereocenters. The summed E-state index contributed by atoms with van der Waals surface area (Å²) in [4.78, 5) is 0. The highest BCUT2D eigenvalue weighted by Gasteiger charge is 2.03. The van der Waals surface area contributed by atoms with Gasteiger partial charge in [0.1, 0.15) is 12.4 Å². The second-order valence-electron chi connectivity index (χ2n) is 5.06. The molecule has 2 rings (SSSR count). The van der Waals surface area contributed by atoms with E-state index in [-0.39, 0.29) is 0 Å². The summed E-state index contributed by atoms with van der Waals surface area (Å²) >= 11 is 3.58. The molecule has 0 aliphatic heterocycles. The molecular weight excluding hydrogens is 342 g/mol. The van der Waals surface area contributed by atoms with E-state index in [2.05, 4.69) is 45.5 Å². The monoisotopic (exact) mass is 363 g/mol. The van der Waals surface area contributed by atoms with Gasteiger partial charge in [-0.2, -0.15) is 0 Å². The van der Waals surface area contributed by atoms with Crippen molar-refractivity contribution in [2.75, 3.05) is 20.3 Å². The number of hydrogen-bond donors (Lipinski definition) is 1. The zero-order chi connectivity index (χ0) is 15.6. The quantitative estimate of drug-likeness (QED) is 0.678. The van der Waals surface area contributed by atoms with E-state index in [0.29, 0.717) is 6.61 Å². The average Bonchev–Trinajstić information content (AvgIpc) is 2.55. The number of nitrogens with one attached hydrogen (secondary N) is 1. The predicted molar refractivity (Wildman–Crippen MR) is 93.1 cm³/mol. The largest absolute Gasteiger partial charge is 0.488 e. The smallest absolute Gasteiger partial charge is 0.134 e. The van der Waals surface area contributed by atoms with Crippen LogP contribution in [0.3, 0.4) is 0 Å². The zero-order valence-electron chi connectivity index (χ0n) is 12.8. The van der Waals surface area contributed by atoms with Crippen molar-refractivity contribution in [2.45, 2.75) is 19.6 Å². The van der Waals surface area contributed by atoms with Gasteiger partial charge in [0, 0.05) is 20.3 Å². The first-order valence-electron chi connectivity index (χ1n) is 7.44. The number of ether oxygens (including phenoxy) is 2. The predicted octanol–water partition coefficient (Wildman–Crippen LogP) is 4.15. The molecule has 0 fully saturated rings. The molecule has 0 saturated carbocycles. The molecule has 0 aliphatic carbocycles. The van der Waals surface area contributed by atoms with E-state index >= 15 is 0 Å². The van der Waals surface area contributed by atoms with E-state index in [1.54, 1.807) is 7.11 Å². The SMILES string of the molecule is COCCCNCc1ccc(OCc2ccccc2)c(Br)c1. The van der Waals surface area contributed by atoms with Gasteiger partial charge in [0.15, 0.2) is 0 Å². The van der Waals surface area contributed by atoms with Crippen LogP contribution in [0.25, 0.3) is 0 Å². The van der Waals surface area contributed by atoms with Crippen molar-refractivity contribution < 1.29 is 9.47 Å². The zero-order valence-corrected chi connectivity index (χ0v) is 14.4. The summed E-state index contributed by atoms with van der Waals surface area (Å²) in [6.07, 6.45) is 1.02. The normalized spacial score (nSPS) is 10.6. The molecule has 0 unspecified atom stereocenters. The minimum Gasteiger partial charge on any atom is -0.488 e. The van der Waals surface area contributed by atoms with Gasteiger partial charge in [0.2, 0.25) is 0 Å². The van der Waals surface area contributed by atoms with Crippen LogP contribution in [0.15, 0.2) is 53.0 Å². The lowest BCUT2D eigenvalue weighted by Crippen LogP contribution is -2.16. The Morgan fingerprint density at radius 1 is 1.05 bits per heavy atom. The van der Waals surface area contributed by atoms with Crippen molar-refractivity contribution in [1.29, 1.82) is 0 Å².